The summed E-state index contributed by atoms with van der Waals surface area (Å²) in [4.78, 5) is 16.4. The van der Waals surface area contributed by atoms with E-state index in [2.05, 4.69) is 27.4 Å². The van der Waals surface area contributed by atoms with Gasteiger partial charge in [0, 0.05) is 17.3 Å². The van der Waals surface area contributed by atoms with Gasteiger partial charge in [0.05, 0.1) is 12.9 Å². The average molecular weight is 386 g/mol. The van der Waals surface area contributed by atoms with Crippen LogP contribution < -0.4 is 10.1 Å². The minimum Gasteiger partial charge on any atom is -0.494 e. The number of H-pyrrole nitrogens is 1. The number of rotatable bonds is 7. The monoisotopic (exact) mass is 386 g/mol. The minimum absolute atomic E-state index is 0.111. The van der Waals surface area contributed by atoms with E-state index in [1.807, 2.05) is 24.3 Å². The van der Waals surface area contributed by atoms with Crippen LogP contribution in [-0.2, 0) is 11.2 Å². The number of carbonyl (C=O) groups excluding carboxylic acids is 1. The van der Waals surface area contributed by atoms with Gasteiger partial charge in [-0.25, -0.2) is 9.37 Å². The number of aromatic amines is 1. The fourth-order valence-electron chi connectivity index (χ4n) is 2.41. The first-order valence-corrected chi connectivity index (χ1v) is 9.35. The van der Waals surface area contributed by atoms with Crippen molar-refractivity contribution in [2.24, 2.45) is 0 Å². The number of aryl methyl sites for hydroxylation is 1. The second-order valence-electron chi connectivity index (χ2n) is 5.70. The molecule has 0 aliphatic heterocycles. The second-order valence-corrected chi connectivity index (χ2v) is 6.65. The van der Waals surface area contributed by atoms with Crippen LogP contribution in [0.4, 0.5) is 10.1 Å². The highest BCUT2D eigenvalue weighted by molar-refractivity contribution is 7.99. The van der Waals surface area contributed by atoms with Crippen molar-refractivity contribution in [1.29, 1.82) is 0 Å². The Morgan fingerprint density at radius 2 is 2.04 bits per heavy atom. The van der Waals surface area contributed by atoms with Gasteiger partial charge in [0.2, 0.25) is 11.1 Å². The predicted octanol–water partition coefficient (Wildman–Crippen LogP) is 3.91. The van der Waals surface area contributed by atoms with Crippen LogP contribution in [0.1, 0.15) is 12.5 Å². The highest BCUT2D eigenvalue weighted by Crippen LogP contribution is 2.22. The zero-order valence-electron chi connectivity index (χ0n) is 15.0. The Hall–Kier alpha value is -2.87. The largest absolute Gasteiger partial charge is 0.494 e. The molecule has 140 valence electrons. The van der Waals surface area contributed by atoms with E-state index in [0.29, 0.717) is 16.7 Å². The van der Waals surface area contributed by atoms with Gasteiger partial charge in [-0.05, 0) is 24.1 Å². The van der Waals surface area contributed by atoms with E-state index < -0.39 is 5.82 Å². The number of amides is 1. The number of nitrogens with zero attached hydrogens (tertiary/aromatic N) is 2. The van der Waals surface area contributed by atoms with E-state index in [-0.39, 0.29) is 17.4 Å². The summed E-state index contributed by atoms with van der Waals surface area (Å²) in [7, 11) is 1.39. The van der Waals surface area contributed by atoms with Gasteiger partial charge in [-0.15, -0.1) is 5.10 Å². The van der Waals surface area contributed by atoms with Crippen LogP contribution in [0.25, 0.3) is 11.4 Å². The van der Waals surface area contributed by atoms with Crippen LogP contribution in [0.5, 0.6) is 5.75 Å². The summed E-state index contributed by atoms with van der Waals surface area (Å²) in [5, 5.41) is 10.1. The third-order valence-corrected chi connectivity index (χ3v) is 4.72. The van der Waals surface area contributed by atoms with Crippen molar-refractivity contribution in [2.45, 2.75) is 18.5 Å². The standard InChI is InChI=1S/C19H19FN4O2S/c1-3-12-4-6-13(7-5-12)18-22-19(24-23-18)27-11-17(25)21-14-8-9-16(26-2)15(20)10-14/h4-10H,3,11H2,1-2H3,(H,21,25)(H,22,23,24). The van der Waals surface area contributed by atoms with Crippen LogP contribution in [0.15, 0.2) is 47.6 Å². The fraction of sp³-hybridized carbons (Fsp3) is 0.211. The van der Waals surface area contributed by atoms with Gasteiger partial charge in [-0.2, -0.15) is 0 Å². The molecular weight excluding hydrogens is 367 g/mol. The number of thioether (sulfide) groups is 1. The summed E-state index contributed by atoms with van der Waals surface area (Å²) in [6, 6.07) is 12.3. The molecule has 0 radical (unpaired) electrons. The Kier molecular flexibility index (Phi) is 6.08. The first-order chi connectivity index (χ1) is 13.1. The highest BCUT2D eigenvalue weighted by atomic mass is 32.2. The fourth-order valence-corrected chi connectivity index (χ4v) is 3.01. The number of ether oxygens (including phenoxy) is 1. The summed E-state index contributed by atoms with van der Waals surface area (Å²) in [6.07, 6.45) is 0.977. The second kappa shape index (κ2) is 8.68. The molecule has 0 fully saturated rings. The van der Waals surface area contributed by atoms with Gasteiger partial charge >= 0.3 is 0 Å². The SMILES string of the molecule is CCc1ccc(-c2nc(SCC(=O)Nc3ccc(OC)c(F)c3)n[nH]2)cc1. The number of carbonyl (C=O) groups is 1. The van der Waals surface area contributed by atoms with Gasteiger partial charge in [-0.3, -0.25) is 9.89 Å². The summed E-state index contributed by atoms with van der Waals surface area (Å²) in [5.74, 6) is 0.0824. The lowest BCUT2D eigenvalue weighted by atomic mass is 10.1. The van der Waals surface area contributed by atoms with Gasteiger partial charge in [-0.1, -0.05) is 43.0 Å². The quantitative estimate of drug-likeness (QED) is 0.602. The third-order valence-electron chi connectivity index (χ3n) is 3.87. The molecule has 2 aromatic carbocycles. The zero-order chi connectivity index (χ0) is 19.2. The Balaban J connectivity index is 1.56. The van der Waals surface area contributed by atoms with Crippen LogP contribution in [0.3, 0.4) is 0 Å². The van der Waals surface area contributed by atoms with E-state index >= 15 is 0 Å². The molecule has 0 atom stereocenters. The average Bonchev–Trinajstić information content (AvgIpc) is 3.16. The number of hydrogen-bond acceptors (Lipinski definition) is 5. The summed E-state index contributed by atoms with van der Waals surface area (Å²) < 4.78 is 18.5. The highest BCUT2D eigenvalue weighted by Gasteiger charge is 2.10. The molecule has 3 aromatic rings. The van der Waals surface area contributed by atoms with Crippen molar-refractivity contribution in [3.8, 4) is 17.1 Å². The van der Waals surface area contributed by atoms with Crippen molar-refractivity contribution >= 4 is 23.4 Å². The zero-order valence-corrected chi connectivity index (χ0v) is 15.8. The topological polar surface area (TPSA) is 79.9 Å². The predicted molar refractivity (Wildman–Crippen MR) is 104 cm³/mol. The summed E-state index contributed by atoms with van der Waals surface area (Å²) in [6.45, 7) is 2.10. The molecule has 27 heavy (non-hydrogen) atoms. The lowest BCUT2D eigenvalue weighted by molar-refractivity contribution is -0.113. The smallest absolute Gasteiger partial charge is 0.234 e. The van der Waals surface area contributed by atoms with Crippen LogP contribution >= 0.6 is 11.8 Å². The molecule has 3 rings (SSSR count). The Labute approximate surface area is 160 Å². The molecule has 2 N–H and O–H groups in total. The van der Waals surface area contributed by atoms with Gasteiger partial charge in [0.25, 0.3) is 0 Å². The number of methoxy groups -OCH3 is 1. The van der Waals surface area contributed by atoms with E-state index in [0.717, 1.165) is 12.0 Å². The van der Waals surface area contributed by atoms with Gasteiger partial charge < -0.3 is 10.1 Å². The van der Waals surface area contributed by atoms with Gasteiger partial charge in [0.1, 0.15) is 0 Å². The molecule has 1 amide bonds. The van der Waals surface area contributed by atoms with Gasteiger partial charge in [0.15, 0.2) is 17.4 Å². The molecule has 8 heteroatoms. The number of benzene rings is 2. The molecule has 0 aliphatic carbocycles. The van der Waals surface area contributed by atoms with Crippen LogP contribution in [0, 0.1) is 5.82 Å². The molecular formula is C19H19FN4O2S. The molecule has 0 aliphatic rings. The van der Waals surface area contributed by atoms with Crippen molar-refractivity contribution in [3.63, 3.8) is 0 Å². The number of nitrogens with one attached hydrogen (secondary N) is 2. The molecule has 0 bridgehead atoms. The number of anilines is 1. The maximum absolute atomic E-state index is 13.7. The maximum atomic E-state index is 13.7. The lowest BCUT2D eigenvalue weighted by Crippen LogP contribution is -2.14. The molecule has 0 spiro atoms. The first kappa shape index (κ1) is 18.9. The number of hydrogen-bond donors (Lipinski definition) is 2. The molecule has 0 saturated heterocycles. The van der Waals surface area contributed by atoms with E-state index in [4.69, 9.17) is 4.74 Å². The molecule has 1 aromatic heterocycles. The Bertz CT molecular complexity index is 928. The molecule has 1 heterocycles. The molecule has 0 saturated carbocycles. The van der Waals surface area contributed by atoms with E-state index in [9.17, 15) is 9.18 Å². The number of aromatic nitrogens is 3. The van der Waals surface area contributed by atoms with Crippen LogP contribution in [-0.4, -0.2) is 34.0 Å². The lowest BCUT2D eigenvalue weighted by Gasteiger charge is -2.06. The van der Waals surface area contributed by atoms with Crippen molar-refractivity contribution < 1.29 is 13.9 Å². The summed E-state index contributed by atoms with van der Waals surface area (Å²) in [5.41, 5.74) is 2.55. The van der Waals surface area contributed by atoms with E-state index in [1.54, 1.807) is 6.07 Å². The molecule has 6 nitrogen and oxygen atoms in total. The minimum atomic E-state index is -0.532. The van der Waals surface area contributed by atoms with Crippen LogP contribution in [0.2, 0.25) is 0 Å². The Morgan fingerprint density at radius 3 is 2.70 bits per heavy atom. The van der Waals surface area contributed by atoms with E-state index in [1.165, 1.54) is 36.6 Å². The summed E-state index contributed by atoms with van der Waals surface area (Å²) >= 11 is 1.20. The van der Waals surface area contributed by atoms with Crippen molar-refractivity contribution in [1.82, 2.24) is 15.2 Å². The Morgan fingerprint density at radius 1 is 1.26 bits per heavy atom. The van der Waals surface area contributed by atoms with Crippen molar-refractivity contribution in [3.05, 3.63) is 53.8 Å². The van der Waals surface area contributed by atoms with Crippen molar-refractivity contribution in [2.75, 3.05) is 18.2 Å². The number of halogens is 1. The normalized spacial score (nSPS) is 10.6. The third kappa shape index (κ3) is 4.85. The molecule has 0 unspecified atom stereocenters. The first-order valence-electron chi connectivity index (χ1n) is 8.37. The maximum Gasteiger partial charge on any atom is 0.234 e.